The highest BCUT2D eigenvalue weighted by Crippen LogP contribution is 2.38. The van der Waals surface area contributed by atoms with Gasteiger partial charge in [0.1, 0.15) is 5.75 Å². The molecule has 0 bridgehead atoms. The van der Waals surface area contributed by atoms with Gasteiger partial charge in [0, 0.05) is 5.56 Å². The van der Waals surface area contributed by atoms with Crippen molar-refractivity contribution in [1.29, 1.82) is 0 Å². The molecule has 0 spiro atoms. The molecule has 144 valence electrons. The molecule has 0 amide bonds. The van der Waals surface area contributed by atoms with E-state index in [0.717, 1.165) is 38.1 Å². The number of thiazole rings is 1. The summed E-state index contributed by atoms with van der Waals surface area (Å²) >= 11 is 1.60. The molecule has 0 saturated carbocycles. The first kappa shape index (κ1) is 18.9. The van der Waals surface area contributed by atoms with Crippen molar-refractivity contribution in [2.75, 3.05) is 12.0 Å². The van der Waals surface area contributed by atoms with Crippen LogP contribution in [0.3, 0.4) is 0 Å². The Morgan fingerprint density at radius 2 is 1.55 bits per heavy atom. The molecule has 0 aliphatic carbocycles. The summed E-state index contributed by atoms with van der Waals surface area (Å²) in [4.78, 5) is 5.92. The Morgan fingerprint density at radius 3 is 2.21 bits per heavy atom. The Morgan fingerprint density at radius 1 is 0.897 bits per heavy atom. The fourth-order valence-electron chi connectivity index (χ4n) is 2.92. The number of ether oxygens (including phenoxy) is 1. The van der Waals surface area contributed by atoms with Gasteiger partial charge in [0.15, 0.2) is 0 Å². The van der Waals surface area contributed by atoms with Gasteiger partial charge in [-0.25, -0.2) is 4.98 Å². The van der Waals surface area contributed by atoms with Gasteiger partial charge in [-0.1, -0.05) is 72.0 Å². The Balaban J connectivity index is 1.57. The number of benzene rings is 3. The van der Waals surface area contributed by atoms with Gasteiger partial charge in [0.05, 0.1) is 23.4 Å². The lowest BCUT2D eigenvalue weighted by molar-refractivity contribution is 0.340. The van der Waals surface area contributed by atoms with Crippen molar-refractivity contribution < 1.29 is 4.74 Å². The monoisotopic (exact) mass is 399 g/mol. The normalized spacial score (nSPS) is 10.9. The van der Waals surface area contributed by atoms with E-state index in [9.17, 15) is 0 Å². The van der Waals surface area contributed by atoms with Gasteiger partial charge in [0.2, 0.25) is 5.13 Å². The molecular weight excluding hydrogens is 378 g/mol. The minimum absolute atomic E-state index is 0.659. The summed E-state index contributed by atoms with van der Waals surface area (Å²) < 4.78 is 5.47. The standard InChI is InChI=1S/C24H21N3OS/c1-2-28-21-15-13-18(14-16-21)17-25-27-24-26-22(19-9-5-3-6-10-19)23(29-24)20-11-7-4-8-12-20/h3-17H,2H2,1H3,(H,26,27)/b25-17-. The Labute approximate surface area is 174 Å². The van der Waals surface area contributed by atoms with Crippen LogP contribution in [0.5, 0.6) is 5.75 Å². The van der Waals surface area contributed by atoms with Crippen LogP contribution in [0.25, 0.3) is 21.7 Å². The number of nitrogens with zero attached hydrogens (tertiary/aromatic N) is 2. The van der Waals surface area contributed by atoms with Gasteiger partial charge < -0.3 is 4.74 Å². The van der Waals surface area contributed by atoms with E-state index in [4.69, 9.17) is 9.72 Å². The minimum atomic E-state index is 0.659. The SMILES string of the molecule is CCOc1ccc(/C=N\Nc2nc(-c3ccccc3)c(-c3ccccc3)s2)cc1. The van der Waals surface area contributed by atoms with Crippen LogP contribution in [0.4, 0.5) is 5.13 Å². The highest BCUT2D eigenvalue weighted by atomic mass is 32.1. The molecule has 0 fully saturated rings. The lowest BCUT2D eigenvalue weighted by Gasteiger charge is -2.02. The summed E-state index contributed by atoms with van der Waals surface area (Å²) in [5.74, 6) is 0.859. The van der Waals surface area contributed by atoms with Crippen LogP contribution >= 0.6 is 11.3 Å². The van der Waals surface area contributed by atoms with E-state index >= 15 is 0 Å². The summed E-state index contributed by atoms with van der Waals surface area (Å²) in [5.41, 5.74) is 7.26. The average Bonchev–Trinajstić information content (AvgIpc) is 3.21. The maximum absolute atomic E-state index is 5.47. The molecule has 0 saturated heterocycles. The van der Waals surface area contributed by atoms with Crippen molar-refractivity contribution >= 4 is 22.7 Å². The molecule has 0 atom stereocenters. The Hall–Kier alpha value is -3.44. The number of hydrogen-bond donors (Lipinski definition) is 1. The van der Waals surface area contributed by atoms with Crippen LogP contribution in [0.2, 0.25) is 0 Å². The van der Waals surface area contributed by atoms with Crippen LogP contribution in [0, 0.1) is 0 Å². The van der Waals surface area contributed by atoms with E-state index in [1.165, 1.54) is 0 Å². The van der Waals surface area contributed by atoms with Crippen molar-refractivity contribution in [3.05, 3.63) is 90.5 Å². The molecule has 4 aromatic rings. The second-order valence-electron chi connectivity index (χ2n) is 6.30. The average molecular weight is 400 g/mol. The molecule has 1 heterocycles. The van der Waals surface area contributed by atoms with Crippen molar-refractivity contribution in [1.82, 2.24) is 4.98 Å². The summed E-state index contributed by atoms with van der Waals surface area (Å²) in [6.45, 7) is 2.63. The lowest BCUT2D eigenvalue weighted by Crippen LogP contribution is -1.92. The van der Waals surface area contributed by atoms with Gasteiger partial charge in [0.25, 0.3) is 0 Å². The zero-order valence-corrected chi connectivity index (χ0v) is 16.9. The maximum Gasteiger partial charge on any atom is 0.204 e. The zero-order valence-electron chi connectivity index (χ0n) is 16.1. The van der Waals surface area contributed by atoms with Gasteiger partial charge in [-0.3, -0.25) is 5.43 Å². The molecule has 5 heteroatoms. The third-order valence-electron chi connectivity index (χ3n) is 4.28. The molecule has 0 unspecified atom stereocenters. The van der Waals surface area contributed by atoms with Crippen LogP contribution in [-0.4, -0.2) is 17.8 Å². The Kier molecular flexibility index (Phi) is 5.98. The maximum atomic E-state index is 5.47. The van der Waals surface area contributed by atoms with Gasteiger partial charge >= 0.3 is 0 Å². The predicted octanol–water partition coefficient (Wildman–Crippen LogP) is 6.32. The summed E-state index contributed by atoms with van der Waals surface area (Å²) in [5, 5.41) is 5.12. The van der Waals surface area contributed by atoms with Crippen LogP contribution in [-0.2, 0) is 0 Å². The van der Waals surface area contributed by atoms with Crippen molar-refractivity contribution in [2.24, 2.45) is 5.10 Å². The number of nitrogens with one attached hydrogen (secondary N) is 1. The van der Waals surface area contributed by atoms with E-state index in [1.807, 2.05) is 67.6 Å². The lowest BCUT2D eigenvalue weighted by atomic mass is 10.1. The fourth-order valence-corrected chi connectivity index (χ4v) is 3.87. The molecule has 3 aromatic carbocycles. The third-order valence-corrected chi connectivity index (χ3v) is 5.28. The fraction of sp³-hybridized carbons (Fsp3) is 0.0833. The van der Waals surface area contributed by atoms with E-state index in [0.29, 0.717) is 6.61 Å². The second-order valence-corrected chi connectivity index (χ2v) is 7.30. The summed E-state index contributed by atoms with van der Waals surface area (Å²) in [7, 11) is 0. The van der Waals surface area contributed by atoms with Crippen molar-refractivity contribution in [3.63, 3.8) is 0 Å². The van der Waals surface area contributed by atoms with Crippen molar-refractivity contribution in [3.8, 4) is 27.4 Å². The number of anilines is 1. The van der Waals surface area contributed by atoms with Crippen LogP contribution < -0.4 is 10.2 Å². The molecule has 4 nitrogen and oxygen atoms in total. The molecular formula is C24H21N3OS. The third kappa shape index (κ3) is 4.70. The van der Waals surface area contributed by atoms with E-state index in [2.05, 4.69) is 34.8 Å². The molecule has 4 rings (SSSR count). The molecule has 0 aliphatic heterocycles. The van der Waals surface area contributed by atoms with E-state index in [-0.39, 0.29) is 0 Å². The van der Waals surface area contributed by atoms with Crippen molar-refractivity contribution in [2.45, 2.75) is 6.92 Å². The highest BCUT2D eigenvalue weighted by molar-refractivity contribution is 7.19. The number of hydrazone groups is 1. The first-order valence-electron chi connectivity index (χ1n) is 9.47. The van der Waals surface area contributed by atoms with Crippen LogP contribution in [0.15, 0.2) is 90.0 Å². The molecule has 29 heavy (non-hydrogen) atoms. The van der Waals surface area contributed by atoms with Gasteiger partial charge in [-0.2, -0.15) is 5.10 Å². The number of rotatable bonds is 7. The van der Waals surface area contributed by atoms with Crippen LogP contribution in [0.1, 0.15) is 12.5 Å². The quantitative estimate of drug-likeness (QED) is 0.292. The summed E-state index contributed by atoms with van der Waals surface area (Å²) in [6, 6.07) is 28.4. The molecule has 1 N–H and O–H groups in total. The summed E-state index contributed by atoms with van der Waals surface area (Å²) in [6.07, 6.45) is 1.78. The number of hydrogen-bond acceptors (Lipinski definition) is 5. The topological polar surface area (TPSA) is 46.5 Å². The minimum Gasteiger partial charge on any atom is -0.494 e. The smallest absolute Gasteiger partial charge is 0.204 e. The molecule has 0 radical (unpaired) electrons. The van der Waals surface area contributed by atoms with E-state index < -0.39 is 0 Å². The number of aromatic nitrogens is 1. The molecule has 0 aliphatic rings. The molecule has 1 aromatic heterocycles. The predicted molar refractivity (Wildman–Crippen MR) is 122 cm³/mol. The largest absolute Gasteiger partial charge is 0.494 e. The Bertz CT molecular complexity index is 1020. The van der Waals surface area contributed by atoms with Gasteiger partial charge in [-0.15, -0.1) is 0 Å². The highest BCUT2D eigenvalue weighted by Gasteiger charge is 2.14. The zero-order chi connectivity index (χ0) is 19.9. The van der Waals surface area contributed by atoms with E-state index in [1.54, 1.807) is 17.6 Å². The first-order chi connectivity index (χ1) is 14.3. The second kappa shape index (κ2) is 9.17. The first-order valence-corrected chi connectivity index (χ1v) is 10.3. The van der Waals surface area contributed by atoms with Gasteiger partial charge in [-0.05, 0) is 42.3 Å².